The summed E-state index contributed by atoms with van der Waals surface area (Å²) in [5, 5.41) is 0. The summed E-state index contributed by atoms with van der Waals surface area (Å²) in [5.41, 5.74) is 0.549. The van der Waals surface area contributed by atoms with Gasteiger partial charge in [-0.25, -0.2) is 4.39 Å². The van der Waals surface area contributed by atoms with Crippen LogP contribution in [0.2, 0.25) is 0 Å². The summed E-state index contributed by atoms with van der Waals surface area (Å²) < 4.78 is 34.6. The Bertz CT molecular complexity index is 955. The minimum atomic E-state index is -0.811. The SMILES string of the molecule is CCCOc1ccc(C2CCC(CC/C=C/C3CCC(C4CCC5CC(CCC)CCC5C4)CC3)CC2)c(F)c1F. The number of fused-ring (bicyclic) bond motifs is 1. The summed E-state index contributed by atoms with van der Waals surface area (Å²) in [6.45, 7) is 4.74. The Labute approximate surface area is 250 Å². The monoisotopic (exact) mass is 568 g/mol. The van der Waals surface area contributed by atoms with Crippen molar-refractivity contribution in [3.05, 3.63) is 41.5 Å². The first-order chi connectivity index (χ1) is 20.1. The van der Waals surface area contributed by atoms with Crippen LogP contribution in [-0.4, -0.2) is 6.61 Å². The second-order valence-corrected chi connectivity index (χ2v) is 14.6. The quantitative estimate of drug-likeness (QED) is 0.241. The molecule has 0 spiro atoms. The zero-order chi connectivity index (χ0) is 28.6. The fourth-order valence-electron chi connectivity index (χ4n) is 9.50. The van der Waals surface area contributed by atoms with Crippen molar-refractivity contribution in [2.45, 2.75) is 142 Å². The summed E-state index contributed by atoms with van der Waals surface area (Å²) in [7, 11) is 0. The molecule has 1 nitrogen and oxygen atoms in total. The van der Waals surface area contributed by atoms with E-state index >= 15 is 0 Å². The molecule has 0 heterocycles. The van der Waals surface area contributed by atoms with Crippen LogP contribution in [0.15, 0.2) is 24.3 Å². The molecule has 0 saturated heterocycles. The summed E-state index contributed by atoms with van der Waals surface area (Å²) >= 11 is 0. The van der Waals surface area contributed by atoms with Gasteiger partial charge in [0.05, 0.1) is 6.61 Å². The van der Waals surface area contributed by atoms with Crippen LogP contribution in [0.25, 0.3) is 0 Å². The third-order valence-electron chi connectivity index (χ3n) is 11.9. The third kappa shape index (κ3) is 8.17. The van der Waals surface area contributed by atoms with Crippen molar-refractivity contribution in [1.29, 1.82) is 0 Å². The predicted octanol–water partition coefficient (Wildman–Crippen LogP) is 11.8. The van der Waals surface area contributed by atoms with Gasteiger partial charge in [0.2, 0.25) is 5.82 Å². The maximum absolute atomic E-state index is 14.8. The standard InChI is InChI=1S/C38H58F2O/c1-3-7-29-14-19-34-26-33(21-20-32(34)25-29)30-15-10-27(11-16-30)8-5-6-9-28-12-17-31(18-13-28)35-22-23-36(41-24-4-2)38(40)37(35)39/h5,8,22-23,27-34H,3-4,6-7,9-21,24-26H2,1-2H3/b8-5+. The lowest BCUT2D eigenvalue weighted by Gasteiger charge is -2.45. The van der Waals surface area contributed by atoms with Gasteiger partial charge in [-0.3, -0.25) is 0 Å². The lowest BCUT2D eigenvalue weighted by atomic mass is 9.60. The average Bonchev–Trinajstić information content (AvgIpc) is 3.01. The van der Waals surface area contributed by atoms with E-state index in [9.17, 15) is 8.78 Å². The molecule has 0 aliphatic heterocycles. The molecule has 0 amide bonds. The van der Waals surface area contributed by atoms with Gasteiger partial charge in [-0.1, -0.05) is 51.3 Å². The number of allylic oxidation sites excluding steroid dienone is 2. The van der Waals surface area contributed by atoms with Gasteiger partial charge in [0.1, 0.15) is 0 Å². The van der Waals surface area contributed by atoms with Gasteiger partial charge < -0.3 is 4.74 Å². The van der Waals surface area contributed by atoms with Gasteiger partial charge in [0, 0.05) is 0 Å². The zero-order valence-corrected chi connectivity index (χ0v) is 26.2. The number of halogens is 2. The first-order valence-corrected chi connectivity index (χ1v) is 17.8. The molecule has 0 N–H and O–H groups in total. The second kappa shape index (κ2) is 15.4. The van der Waals surface area contributed by atoms with Gasteiger partial charge in [0.15, 0.2) is 11.6 Å². The molecule has 4 atom stereocenters. The van der Waals surface area contributed by atoms with Gasteiger partial charge >= 0.3 is 0 Å². The smallest absolute Gasteiger partial charge is 0.200 e. The molecular formula is C38H58F2O. The van der Waals surface area contributed by atoms with Crippen LogP contribution < -0.4 is 4.74 Å². The second-order valence-electron chi connectivity index (χ2n) is 14.6. The Morgan fingerprint density at radius 1 is 0.683 bits per heavy atom. The van der Waals surface area contributed by atoms with Crippen molar-refractivity contribution in [2.24, 2.45) is 41.4 Å². The van der Waals surface area contributed by atoms with Crippen molar-refractivity contribution in [1.82, 2.24) is 0 Å². The lowest BCUT2D eigenvalue weighted by molar-refractivity contribution is 0.0606. The first kappa shape index (κ1) is 31.1. The number of hydrogen-bond acceptors (Lipinski definition) is 1. The fraction of sp³-hybridized carbons (Fsp3) is 0.789. The molecule has 3 heteroatoms. The molecule has 0 radical (unpaired) electrons. The molecule has 0 aromatic heterocycles. The van der Waals surface area contributed by atoms with E-state index < -0.39 is 11.6 Å². The van der Waals surface area contributed by atoms with Gasteiger partial charge in [0.25, 0.3) is 0 Å². The molecule has 4 unspecified atom stereocenters. The molecule has 0 bridgehead atoms. The van der Waals surface area contributed by atoms with E-state index in [0.29, 0.717) is 12.2 Å². The Morgan fingerprint density at radius 2 is 1.34 bits per heavy atom. The number of ether oxygens (including phenoxy) is 1. The molecule has 5 rings (SSSR count). The largest absolute Gasteiger partial charge is 0.490 e. The molecule has 1 aromatic carbocycles. The van der Waals surface area contributed by atoms with Crippen molar-refractivity contribution < 1.29 is 13.5 Å². The van der Waals surface area contributed by atoms with E-state index in [1.165, 1.54) is 77.0 Å². The first-order valence-electron chi connectivity index (χ1n) is 17.8. The average molecular weight is 569 g/mol. The van der Waals surface area contributed by atoms with Gasteiger partial charge in [-0.2, -0.15) is 4.39 Å². The minimum absolute atomic E-state index is 0.0501. The van der Waals surface area contributed by atoms with Crippen LogP contribution in [0, 0.1) is 53.1 Å². The number of benzene rings is 1. The van der Waals surface area contributed by atoms with Crippen LogP contribution >= 0.6 is 0 Å². The van der Waals surface area contributed by atoms with E-state index in [1.54, 1.807) is 25.0 Å². The van der Waals surface area contributed by atoms with Crippen molar-refractivity contribution in [3.8, 4) is 5.75 Å². The number of hydrogen-bond donors (Lipinski definition) is 0. The van der Waals surface area contributed by atoms with E-state index in [0.717, 1.165) is 73.5 Å². The molecule has 41 heavy (non-hydrogen) atoms. The summed E-state index contributed by atoms with van der Waals surface area (Å²) in [6.07, 6.45) is 30.2. The maximum Gasteiger partial charge on any atom is 0.200 e. The van der Waals surface area contributed by atoms with Crippen LogP contribution in [-0.2, 0) is 0 Å². The Hall–Kier alpha value is -1.38. The normalized spacial score (nSPS) is 34.4. The Balaban J connectivity index is 0.974. The molecule has 4 aliphatic rings. The van der Waals surface area contributed by atoms with E-state index in [1.807, 2.05) is 6.92 Å². The predicted molar refractivity (Wildman–Crippen MR) is 167 cm³/mol. The third-order valence-corrected chi connectivity index (χ3v) is 11.9. The molecule has 4 saturated carbocycles. The van der Waals surface area contributed by atoms with E-state index in [4.69, 9.17) is 4.74 Å². The van der Waals surface area contributed by atoms with Crippen molar-refractivity contribution in [2.75, 3.05) is 6.61 Å². The zero-order valence-electron chi connectivity index (χ0n) is 26.2. The molecule has 4 fully saturated rings. The fourth-order valence-corrected chi connectivity index (χ4v) is 9.50. The maximum atomic E-state index is 14.8. The van der Waals surface area contributed by atoms with Crippen LogP contribution in [0.1, 0.15) is 147 Å². The summed E-state index contributed by atoms with van der Waals surface area (Å²) in [4.78, 5) is 0. The number of rotatable bonds is 11. The molecule has 230 valence electrons. The highest BCUT2D eigenvalue weighted by molar-refractivity contribution is 5.33. The Morgan fingerprint density at radius 3 is 2.07 bits per heavy atom. The highest BCUT2D eigenvalue weighted by Crippen LogP contribution is 2.49. The van der Waals surface area contributed by atoms with E-state index in [-0.39, 0.29) is 11.7 Å². The van der Waals surface area contributed by atoms with Gasteiger partial charge in [-0.15, -0.1) is 0 Å². The molecular weight excluding hydrogens is 510 g/mol. The molecule has 4 aliphatic carbocycles. The highest BCUT2D eigenvalue weighted by Gasteiger charge is 2.38. The van der Waals surface area contributed by atoms with Crippen LogP contribution in [0.3, 0.4) is 0 Å². The molecule has 1 aromatic rings. The van der Waals surface area contributed by atoms with E-state index in [2.05, 4.69) is 19.1 Å². The Kier molecular flexibility index (Phi) is 11.6. The summed E-state index contributed by atoms with van der Waals surface area (Å²) in [5.74, 6) is 5.39. The summed E-state index contributed by atoms with van der Waals surface area (Å²) in [6, 6.07) is 3.38. The minimum Gasteiger partial charge on any atom is -0.490 e. The van der Waals surface area contributed by atoms with Crippen molar-refractivity contribution >= 4 is 0 Å². The van der Waals surface area contributed by atoms with Crippen molar-refractivity contribution in [3.63, 3.8) is 0 Å². The van der Waals surface area contributed by atoms with Gasteiger partial charge in [-0.05, 0) is 162 Å². The topological polar surface area (TPSA) is 9.23 Å². The lowest BCUT2D eigenvalue weighted by Crippen LogP contribution is -2.34. The van der Waals surface area contributed by atoms with Crippen LogP contribution in [0.5, 0.6) is 5.75 Å². The highest BCUT2D eigenvalue weighted by atomic mass is 19.2. The van der Waals surface area contributed by atoms with Crippen LogP contribution in [0.4, 0.5) is 8.78 Å².